The number of aliphatic imine (C=N–C) groups is 1. The van der Waals surface area contributed by atoms with Crippen molar-refractivity contribution in [2.24, 2.45) is 10.9 Å². The molecule has 0 aromatic rings. The Morgan fingerprint density at radius 2 is 1.90 bits per heavy atom. The quantitative estimate of drug-likeness (QED) is 0.204. The molecule has 2 aliphatic rings. The van der Waals surface area contributed by atoms with Crippen molar-refractivity contribution >= 4 is 35.8 Å². The van der Waals surface area contributed by atoms with E-state index in [0.717, 1.165) is 84.4 Å². The molecule has 1 amide bonds. The van der Waals surface area contributed by atoms with Gasteiger partial charge in [-0.2, -0.15) is 0 Å². The first-order valence-electron chi connectivity index (χ1n) is 10.7. The Labute approximate surface area is 193 Å². The summed E-state index contributed by atoms with van der Waals surface area (Å²) in [5.41, 5.74) is 0. The third kappa shape index (κ3) is 10.8. The summed E-state index contributed by atoms with van der Waals surface area (Å²) in [7, 11) is 1.83. The summed E-state index contributed by atoms with van der Waals surface area (Å²) < 4.78 is 11.2. The van der Waals surface area contributed by atoms with Crippen LogP contribution >= 0.6 is 24.0 Å². The van der Waals surface area contributed by atoms with Gasteiger partial charge in [0.25, 0.3) is 0 Å². The summed E-state index contributed by atoms with van der Waals surface area (Å²) in [5, 5.41) is 6.39. The normalized spacial score (nSPS) is 19.2. The summed E-state index contributed by atoms with van der Waals surface area (Å²) in [6.45, 7) is 12.2. The van der Waals surface area contributed by atoms with Crippen LogP contribution in [-0.2, 0) is 14.3 Å². The fraction of sp³-hybridized carbons (Fsp3) is 0.900. The van der Waals surface area contributed by atoms with Crippen LogP contribution in [0.15, 0.2) is 4.99 Å². The van der Waals surface area contributed by atoms with E-state index in [9.17, 15) is 4.79 Å². The standard InChI is InChI=1S/C20H39N5O3.HI/c1-17(2)23-19(26)15-24-8-10-25(11-9-24)20(21-3)22-7-4-12-28-16-18-5-13-27-14-6-18;/h17-18H,4-16H2,1-3H3,(H,21,22)(H,23,26);1H. The van der Waals surface area contributed by atoms with E-state index in [4.69, 9.17) is 9.47 Å². The molecule has 0 aromatic heterocycles. The molecule has 2 aliphatic heterocycles. The number of hydrogen-bond donors (Lipinski definition) is 2. The molecule has 2 heterocycles. The molecule has 0 aromatic carbocycles. The lowest BCUT2D eigenvalue weighted by Crippen LogP contribution is -2.54. The molecule has 2 saturated heterocycles. The van der Waals surface area contributed by atoms with Crippen molar-refractivity contribution in [3.8, 4) is 0 Å². The lowest BCUT2D eigenvalue weighted by molar-refractivity contribution is -0.123. The molecule has 0 atom stereocenters. The predicted octanol–water partition coefficient (Wildman–Crippen LogP) is 1.16. The van der Waals surface area contributed by atoms with Crippen LogP contribution in [0, 0.1) is 5.92 Å². The smallest absolute Gasteiger partial charge is 0.234 e. The SMILES string of the molecule is CN=C(NCCCOCC1CCOCC1)N1CCN(CC(=O)NC(C)C)CC1.I. The molecule has 0 saturated carbocycles. The van der Waals surface area contributed by atoms with Gasteiger partial charge in [0, 0.05) is 72.2 Å². The van der Waals surface area contributed by atoms with E-state index in [1.807, 2.05) is 20.9 Å². The highest BCUT2D eigenvalue weighted by Crippen LogP contribution is 2.14. The van der Waals surface area contributed by atoms with Crippen molar-refractivity contribution in [1.82, 2.24) is 20.4 Å². The lowest BCUT2D eigenvalue weighted by atomic mass is 10.0. The van der Waals surface area contributed by atoms with Crippen molar-refractivity contribution in [3.05, 3.63) is 0 Å². The highest BCUT2D eigenvalue weighted by Gasteiger charge is 2.21. The molecule has 0 bridgehead atoms. The average Bonchev–Trinajstić information content (AvgIpc) is 2.68. The maximum atomic E-state index is 11.9. The number of hydrogen-bond acceptors (Lipinski definition) is 5. The van der Waals surface area contributed by atoms with Gasteiger partial charge in [0.05, 0.1) is 6.54 Å². The zero-order chi connectivity index (χ0) is 20.2. The molecule has 9 heteroatoms. The average molecular weight is 525 g/mol. The number of carbonyl (C=O) groups is 1. The molecule has 170 valence electrons. The van der Waals surface area contributed by atoms with Gasteiger partial charge in [0.15, 0.2) is 5.96 Å². The van der Waals surface area contributed by atoms with Crippen LogP contribution < -0.4 is 10.6 Å². The summed E-state index contributed by atoms with van der Waals surface area (Å²) in [6.07, 6.45) is 3.21. The summed E-state index contributed by atoms with van der Waals surface area (Å²) >= 11 is 0. The molecule has 0 spiro atoms. The van der Waals surface area contributed by atoms with Gasteiger partial charge in [0.2, 0.25) is 5.91 Å². The Kier molecular flexibility index (Phi) is 13.8. The molecule has 0 aliphatic carbocycles. The van der Waals surface area contributed by atoms with Gasteiger partial charge in [-0.05, 0) is 39.0 Å². The second-order valence-corrected chi connectivity index (χ2v) is 7.94. The van der Waals surface area contributed by atoms with Crippen LogP contribution in [-0.4, -0.2) is 100 Å². The highest BCUT2D eigenvalue weighted by atomic mass is 127. The van der Waals surface area contributed by atoms with Crippen LogP contribution in [0.2, 0.25) is 0 Å². The molecule has 2 rings (SSSR count). The molecule has 2 N–H and O–H groups in total. The number of nitrogens with zero attached hydrogens (tertiary/aromatic N) is 3. The second kappa shape index (κ2) is 15.2. The monoisotopic (exact) mass is 525 g/mol. The maximum Gasteiger partial charge on any atom is 0.234 e. The van der Waals surface area contributed by atoms with E-state index in [-0.39, 0.29) is 35.9 Å². The van der Waals surface area contributed by atoms with E-state index >= 15 is 0 Å². The minimum atomic E-state index is 0. The van der Waals surface area contributed by atoms with Crippen LogP contribution in [0.25, 0.3) is 0 Å². The Hall–Kier alpha value is -0.650. The fourth-order valence-corrected chi connectivity index (χ4v) is 3.56. The first-order chi connectivity index (χ1) is 13.6. The Bertz CT molecular complexity index is 479. The van der Waals surface area contributed by atoms with Gasteiger partial charge < -0.3 is 25.0 Å². The number of piperazine rings is 1. The van der Waals surface area contributed by atoms with Crippen LogP contribution in [0.4, 0.5) is 0 Å². The van der Waals surface area contributed by atoms with E-state index in [1.54, 1.807) is 0 Å². The summed E-state index contributed by atoms with van der Waals surface area (Å²) in [4.78, 5) is 20.8. The Morgan fingerprint density at radius 1 is 1.21 bits per heavy atom. The largest absolute Gasteiger partial charge is 0.381 e. The third-order valence-electron chi connectivity index (χ3n) is 5.14. The van der Waals surface area contributed by atoms with Gasteiger partial charge in [-0.3, -0.25) is 14.7 Å². The number of guanidine groups is 1. The fourth-order valence-electron chi connectivity index (χ4n) is 3.56. The van der Waals surface area contributed by atoms with Gasteiger partial charge in [0.1, 0.15) is 0 Å². The van der Waals surface area contributed by atoms with Crippen LogP contribution in [0.5, 0.6) is 0 Å². The molecule has 8 nitrogen and oxygen atoms in total. The molecular formula is C20H40IN5O3. The predicted molar refractivity (Wildman–Crippen MR) is 127 cm³/mol. The van der Waals surface area contributed by atoms with Crippen molar-refractivity contribution in [2.75, 3.05) is 72.7 Å². The molecule has 29 heavy (non-hydrogen) atoms. The number of nitrogens with one attached hydrogen (secondary N) is 2. The van der Waals surface area contributed by atoms with Gasteiger partial charge >= 0.3 is 0 Å². The number of amides is 1. The Balaban J connectivity index is 0.00000420. The molecular weight excluding hydrogens is 485 g/mol. The Morgan fingerprint density at radius 3 is 2.52 bits per heavy atom. The second-order valence-electron chi connectivity index (χ2n) is 7.94. The number of rotatable bonds is 9. The van der Waals surface area contributed by atoms with Crippen molar-refractivity contribution in [1.29, 1.82) is 0 Å². The number of carbonyl (C=O) groups excluding carboxylic acids is 1. The van der Waals surface area contributed by atoms with Gasteiger partial charge in [-0.1, -0.05) is 0 Å². The first kappa shape index (κ1) is 26.4. The highest BCUT2D eigenvalue weighted by molar-refractivity contribution is 14.0. The summed E-state index contributed by atoms with van der Waals surface area (Å²) in [6, 6.07) is 0.192. The van der Waals surface area contributed by atoms with Crippen LogP contribution in [0.1, 0.15) is 33.1 Å². The van der Waals surface area contributed by atoms with Crippen LogP contribution in [0.3, 0.4) is 0 Å². The minimum absolute atomic E-state index is 0. The zero-order valence-electron chi connectivity index (χ0n) is 18.3. The molecule has 0 radical (unpaired) electrons. The zero-order valence-corrected chi connectivity index (χ0v) is 20.7. The first-order valence-corrected chi connectivity index (χ1v) is 10.7. The van der Waals surface area contributed by atoms with E-state index in [1.165, 1.54) is 0 Å². The topological polar surface area (TPSA) is 78.4 Å². The van der Waals surface area contributed by atoms with E-state index < -0.39 is 0 Å². The molecule has 2 fully saturated rings. The van der Waals surface area contributed by atoms with Crippen molar-refractivity contribution in [3.63, 3.8) is 0 Å². The number of halogens is 1. The maximum absolute atomic E-state index is 11.9. The third-order valence-corrected chi connectivity index (χ3v) is 5.14. The van der Waals surface area contributed by atoms with E-state index in [2.05, 4.69) is 25.4 Å². The van der Waals surface area contributed by atoms with E-state index in [0.29, 0.717) is 12.5 Å². The van der Waals surface area contributed by atoms with Gasteiger partial charge in [-0.15, -0.1) is 24.0 Å². The number of ether oxygens (including phenoxy) is 2. The molecule has 0 unspecified atom stereocenters. The van der Waals surface area contributed by atoms with Crippen molar-refractivity contribution in [2.45, 2.75) is 39.2 Å². The summed E-state index contributed by atoms with van der Waals surface area (Å²) in [5.74, 6) is 1.70. The van der Waals surface area contributed by atoms with Gasteiger partial charge in [-0.25, -0.2) is 0 Å². The lowest BCUT2D eigenvalue weighted by Gasteiger charge is -2.36. The minimum Gasteiger partial charge on any atom is -0.381 e. The van der Waals surface area contributed by atoms with Crippen molar-refractivity contribution < 1.29 is 14.3 Å².